The summed E-state index contributed by atoms with van der Waals surface area (Å²) in [6, 6.07) is 2.18. The Labute approximate surface area is 148 Å². The van der Waals surface area contributed by atoms with E-state index >= 15 is 0 Å². The van der Waals surface area contributed by atoms with E-state index in [1.165, 1.54) is 29.9 Å². The number of thiophene rings is 1. The topological polar surface area (TPSA) is 105 Å². The summed E-state index contributed by atoms with van der Waals surface area (Å²) in [6.45, 7) is 1.73. The third-order valence-electron chi connectivity index (χ3n) is 3.98. The van der Waals surface area contributed by atoms with Crippen LogP contribution in [-0.4, -0.2) is 28.5 Å². The van der Waals surface area contributed by atoms with Crippen LogP contribution in [-0.2, 0) is 22.4 Å². The van der Waals surface area contributed by atoms with E-state index in [1.807, 2.05) is 0 Å². The van der Waals surface area contributed by atoms with E-state index in [9.17, 15) is 14.9 Å². The van der Waals surface area contributed by atoms with Gasteiger partial charge in [-0.25, -0.2) is 9.78 Å². The molecule has 1 aliphatic rings. The molecule has 0 saturated carbocycles. The van der Waals surface area contributed by atoms with Crippen LogP contribution in [0.2, 0.25) is 0 Å². The first kappa shape index (κ1) is 17.0. The van der Waals surface area contributed by atoms with Gasteiger partial charge in [-0.2, -0.15) is 5.26 Å². The molecule has 1 N–H and O–H groups in total. The van der Waals surface area contributed by atoms with Crippen molar-refractivity contribution in [2.75, 3.05) is 11.9 Å². The number of nitrogens with zero attached hydrogens (tertiary/aromatic N) is 3. The van der Waals surface area contributed by atoms with Crippen LogP contribution >= 0.6 is 11.3 Å². The minimum Gasteiger partial charge on any atom is -0.451 e. The number of fused-ring (bicyclic) bond motifs is 1. The summed E-state index contributed by atoms with van der Waals surface area (Å²) in [7, 11) is 0. The molecular weight excluding hydrogens is 340 g/mol. The van der Waals surface area contributed by atoms with Gasteiger partial charge in [0.2, 0.25) is 0 Å². The number of hydrogen-bond donors (Lipinski definition) is 1. The molecule has 2 heterocycles. The zero-order chi connectivity index (χ0) is 17.8. The summed E-state index contributed by atoms with van der Waals surface area (Å²) in [4.78, 5) is 32.6. The summed E-state index contributed by atoms with van der Waals surface area (Å²) >= 11 is 1.43. The highest BCUT2D eigenvalue weighted by atomic mass is 32.1. The average molecular weight is 356 g/mol. The van der Waals surface area contributed by atoms with E-state index < -0.39 is 18.5 Å². The van der Waals surface area contributed by atoms with Crippen molar-refractivity contribution in [3.63, 3.8) is 0 Å². The van der Waals surface area contributed by atoms with Crippen molar-refractivity contribution in [2.45, 2.75) is 26.2 Å². The van der Waals surface area contributed by atoms with Gasteiger partial charge < -0.3 is 10.1 Å². The van der Waals surface area contributed by atoms with Gasteiger partial charge >= 0.3 is 5.97 Å². The predicted octanol–water partition coefficient (Wildman–Crippen LogP) is 2.33. The van der Waals surface area contributed by atoms with Crippen molar-refractivity contribution in [1.29, 1.82) is 5.26 Å². The maximum absolute atomic E-state index is 12.1. The number of carbonyl (C=O) groups excluding carboxylic acids is 2. The Bertz CT molecular complexity index is 842. The number of anilines is 1. The van der Waals surface area contributed by atoms with Crippen LogP contribution in [0.4, 0.5) is 5.00 Å². The maximum atomic E-state index is 12.1. The monoisotopic (exact) mass is 356 g/mol. The van der Waals surface area contributed by atoms with Gasteiger partial charge in [-0.1, -0.05) is 6.92 Å². The molecule has 2 aromatic rings. The lowest BCUT2D eigenvalue weighted by atomic mass is 9.89. The molecule has 1 amide bonds. The Hall–Kier alpha value is -2.79. The average Bonchev–Trinajstić information content (AvgIpc) is 2.96. The molecule has 0 saturated heterocycles. The fourth-order valence-electron chi connectivity index (χ4n) is 2.73. The second-order valence-corrected chi connectivity index (χ2v) is 6.99. The molecule has 2 aromatic heterocycles. The Balaban J connectivity index is 1.64. The third kappa shape index (κ3) is 3.83. The van der Waals surface area contributed by atoms with E-state index in [2.05, 4.69) is 28.3 Å². The lowest BCUT2D eigenvalue weighted by Crippen LogP contribution is -2.21. The van der Waals surface area contributed by atoms with Crippen LogP contribution < -0.4 is 5.32 Å². The van der Waals surface area contributed by atoms with Crippen molar-refractivity contribution in [2.24, 2.45) is 5.92 Å². The molecule has 25 heavy (non-hydrogen) atoms. The summed E-state index contributed by atoms with van der Waals surface area (Å²) in [6.07, 6.45) is 6.89. The summed E-state index contributed by atoms with van der Waals surface area (Å²) in [5.74, 6) is -0.627. The van der Waals surface area contributed by atoms with Gasteiger partial charge in [0.15, 0.2) is 12.3 Å². The van der Waals surface area contributed by atoms with Crippen molar-refractivity contribution >= 4 is 28.2 Å². The molecule has 8 heteroatoms. The van der Waals surface area contributed by atoms with Gasteiger partial charge in [0.25, 0.3) is 5.91 Å². The fourth-order valence-corrected chi connectivity index (χ4v) is 4.11. The van der Waals surface area contributed by atoms with Gasteiger partial charge in [-0.05, 0) is 30.7 Å². The van der Waals surface area contributed by atoms with E-state index in [-0.39, 0.29) is 5.69 Å². The molecule has 1 atom stereocenters. The Morgan fingerprint density at radius 2 is 2.32 bits per heavy atom. The van der Waals surface area contributed by atoms with Crippen LogP contribution in [0.1, 0.15) is 39.8 Å². The lowest BCUT2D eigenvalue weighted by Gasteiger charge is -2.17. The number of nitrogens with one attached hydrogen (secondary N) is 1. The number of aromatic nitrogens is 2. The fraction of sp³-hybridized carbons (Fsp3) is 0.353. The van der Waals surface area contributed by atoms with Gasteiger partial charge in [0.05, 0.1) is 11.8 Å². The van der Waals surface area contributed by atoms with E-state index in [0.717, 1.165) is 29.7 Å². The Morgan fingerprint density at radius 1 is 1.48 bits per heavy atom. The Kier molecular flexibility index (Phi) is 5.05. The van der Waals surface area contributed by atoms with Crippen LogP contribution in [0.25, 0.3) is 0 Å². The predicted molar refractivity (Wildman–Crippen MR) is 91.2 cm³/mol. The SMILES string of the molecule is C[C@H]1CCc2c(sc(NC(=O)COC(=O)c3cnccn3)c2C#N)C1. The van der Waals surface area contributed by atoms with Gasteiger partial charge in [0, 0.05) is 17.3 Å². The highest BCUT2D eigenvalue weighted by Gasteiger charge is 2.24. The summed E-state index contributed by atoms with van der Waals surface area (Å²) < 4.78 is 4.92. The molecule has 0 fully saturated rings. The van der Waals surface area contributed by atoms with Crippen LogP contribution in [0.3, 0.4) is 0 Å². The second kappa shape index (κ2) is 7.40. The van der Waals surface area contributed by atoms with Gasteiger partial charge in [-0.15, -0.1) is 11.3 Å². The molecule has 0 spiro atoms. The van der Waals surface area contributed by atoms with Crippen molar-refractivity contribution < 1.29 is 14.3 Å². The van der Waals surface area contributed by atoms with E-state index in [4.69, 9.17) is 4.74 Å². The number of rotatable bonds is 4. The first-order valence-corrected chi connectivity index (χ1v) is 8.67. The second-order valence-electron chi connectivity index (χ2n) is 5.88. The normalized spacial score (nSPS) is 15.8. The summed E-state index contributed by atoms with van der Waals surface area (Å²) in [5.41, 5.74) is 1.60. The zero-order valence-corrected chi connectivity index (χ0v) is 14.4. The number of ether oxygens (including phenoxy) is 1. The number of carbonyl (C=O) groups is 2. The molecule has 0 aromatic carbocycles. The standard InChI is InChI=1S/C17H16N4O3S/c1-10-2-3-11-12(7-18)16(25-14(11)6-10)21-15(22)9-24-17(23)13-8-19-4-5-20-13/h4-5,8,10H,2-3,6,9H2,1H3,(H,21,22)/t10-/m0/s1. The lowest BCUT2D eigenvalue weighted by molar-refractivity contribution is -0.119. The molecule has 3 rings (SSSR count). The molecule has 1 aliphatic carbocycles. The van der Waals surface area contributed by atoms with E-state index in [0.29, 0.717) is 16.5 Å². The molecule has 0 radical (unpaired) electrons. The molecule has 0 aliphatic heterocycles. The molecular formula is C17H16N4O3S. The van der Waals surface area contributed by atoms with Crippen molar-refractivity contribution in [1.82, 2.24) is 9.97 Å². The number of esters is 1. The van der Waals surface area contributed by atoms with E-state index in [1.54, 1.807) is 0 Å². The van der Waals surface area contributed by atoms with Crippen LogP contribution in [0.5, 0.6) is 0 Å². The number of nitriles is 1. The number of hydrogen-bond acceptors (Lipinski definition) is 7. The minimum absolute atomic E-state index is 0.0357. The van der Waals surface area contributed by atoms with Crippen LogP contribution in [0.15, 0.2) is 18.6 Å². The van der Waals surface area contributed by atoms with Gasteiger partial charge in [-0.3, -0.25) is 9.78 Å². The molecule has 7 nitrogen and oxygen atoms in total. The maximum Gasteiger partial charge on any atom is 0.359 e. The molecule has 128 valence electrons. The minimum atomic E-state index is -0.719. The smallest absolute Gasteiger partial charge is 0.359 e. The van der Waals surface area contributed by atoms with Crippen LogP contribution in [0, 0.1) is 17.2 Å². The van der Waals surface area contributed by atoms with Crippen molar-refractivity contribution in [3.8, 4) is 6.07 Å². The van der Waals surface area contributed by atoms with Crippen molar-refractivity contribution in [3.05, 3.63) is 40.3 Å². The quantitative estimate of drug-likeness (QED) is 0.843. The number of amides is 1. The Morgan fingerprint density at radius 3 is 3.04 bits per heavy atom. The zero-order valence-electron chi connectivity index (χ0n) is 13.6. The molecule has 0 bridgehead atoms. The highest BCUT2D eigenvalue weighted by Crippen LogP contribution is 2.39. The first-order chi connectivity index (χ1) is 12.1. The summed E-state index contributed by atoms with van der Waals surface area (Å²) in [5, 5.41) is 12.6. The first-order valence-electron chi connectivity index (χ1n) is 7.86. The molecule has 0 unspecified atom stereocenters. The third-order valence-corrected chi connectivity index (χ3v) is 5.15. The highest BCUT2D eigenvalue weighted by molar-refractivity contribution is 7.16. The largest absolute Gasteiger partial charge is 0.451 e. The van der Waals surface area contributed by atoms with Gasteiger partial charge in [0.1, 0.15) is 11.1 Å².